The SMILES string of the molecule is O=C(O)CCCC1=[C]C(c2ccccc2)N(c2c(CC(=O)O)noc2-c2ccccn2)S1. The molecule has 1 atom stereocenters. The van der Waals surface area contributed by atoms with Crippen LogP contribution in [0.1, 0.15) is 36.6 Å². The van der Waals surface area contributed by atoms with Crippen LogP contribution in [-0.4, -0.2) is 32.3 Å². The highest BCUT2D eigenvalue weighted by molar-refractivity contribution is 8.04. The van der Waals surface area contributed by atoms with Gasteiger partial charge in [0.15, 0.2) is 0 Å². The first-order valence-corrected chi connectivity index (χ1v) is 10.8. The zero-order chi connectivity index (χ0) is 22.5. The molecular formula is C23H20N3O5S. The molecule has 1 aliphatic rings. The van der Waals surface area contributed by atoms with Gasteiger partial charge in [0.05, 0.1) is 12.5 Å². The summed E-state index contributed by atoms with van der Waals surface area (Å²) in [6, 6.07) is 14.8. The van der Waals surface area contributed by atoms with E-state index in [4.69, 9.17) is 9.63 Å². The molecule has 0 aliphatic carbocycles. The Morgan fingerprint density at radius 2 is 1.88 bits per heavy atom. The quantitative estimate of drug-likeness (QED) is 0.454. The normalized spacial score (nSPS) is 15.6. The fourth-order valence-corrected chi connectivity index (χ4v) is 4.62. The largest absolute Gasteiger partial charge is 0.481 e. The van der Waals surface area contributed by atoms with Crippen molar-refractivity contribution in [1.82, 2.24) is 10.1 Å². The number of pyridine rings is 1. The summed E-state index contributed by atoms with van der Waals surface area (Å²) in [5.74, 6) is -1.49. The van der Waals surface area contributed by atoms with Gasteiger partial charge in [0.2, 0.25) is 5.76 Å². The van der Waals surface area contributed by atoms with Crippen LogP contribution in [0, 0.1) is 6.08 Å². The third kappa shape index (κ3) is 4.83. The molecule has 0 fully saturated rings. The van der Waals surface area contributed by atoms with Gasteiger partial charge in [0, 0.05) is 17.5 Å². The van der Waals surface area contributed by atoms with Gasteiger partial charge >= 0.3 is 11.9 Å². The molecule has 2 N–H and O–H groups in total. The van der Waals surface area contributed by atoms with E-state index in [1.54, 1.807) is 18.3 Å². The molecule has 3 heterocycles. The molecule has 1 aromatic carbocycles. The number of anilines is 1. The Bertz CT molecular complexity index is 1130. The summed E-state index contributed by atoms with van der Waals surface area (Å²) in [7, 11) is 0. The lowest BCUT2D eigenvalue weighted by atomic mass is 10.0. The minimum absolute atomic E-state index is 0.0679. The number of carbonyl (C=O) groups is 2. The second-order valence-corrected chi connectivity index (χ2v) is 8.21. The first-order chi connectivity index (χ1) is 15.5. The van der Waals surface area contributed by atoms with Gasteiger partial charge in [0.1, 0.15) is 17.1 Å². The minimum atomic E-state index is -1.02. The van der Waals surface area contributed by atoms with Gasteiger partial charge in [-0.15, -0.1) is 0 Å². The highest BCUT2D eigenvalue weighted by Crippen LogP contribution is 2.49. The molecule has 1 unspecified atom stereocenters. The Morgan fingerprint density at radius 1 is 1.09 bits per heavy atom. The van der Waals surface area contributed by atoms with Crippen LogP contribution in [0.3, 0.4) is 0 Å². The Balaban J connectivity index is 1.75. The molecule has 1 aliphatic heterocycles. The van der Waals surface area contributed by atoms with Crippen LogP contribution in [0.2, 0.25) is 0 Å². The van der Waals surface area contributed by atoms with Crippen LogP contribution in [0.25, 0.3) is 11.5 Å². The molecule has 3 aromatic rings. The number of allylic oxidation sites excluding steroid dienone is 1. The van der Waals surface area contributed by atoms with E-state index >= 15 is 0 Å². The average molecular weight is 450 g/mol. The number of rotatable bonds is 9. The fraction of sp³-hybridized carbons (Fsp3) is 0.217. The number of aliphatic carboxylic acids is 2. The van der Waals surface area contributed by atoms with Crippen molar-refractivity contribution in [2.45, 2.75) is 31.7 Å². The van der Waals surface area contributed by atoms with E-state index < -0.39 is 11.9 Å². The number of carboxylic acids is 2. The van der Waals surface area contributed by atoms with Crippen molar-refractivity contribution < 1.29 is 24.3 Å². The molecule has 2 aromatic heterocycles. The maximum absolute atomic E-state index is 11.5. The van der Waals surface area contributed by atoms with E-state index in [2.05, 4.69) is 16.2 Å². The summed E-state index contributed by atoms with van der Waals surface area (Å²) in [6.07, 6.45) is 5.88. The smallest absolute Gasteiger partial charge is 0.309 e. The molecule has 0 amide bonds. The summed E-state index contributed by atoms with van der Waals surface area (Å²) < 4.78 is 7.52. The van der Waals surface area contributed by atoms with Crippen LogP contribution in [0.4, 0.5) is 5.69 Å². The summed E-state index contributed by atoms with van der Waals surface area (Å²) in [5, 5.41) is 22.4. The van der Waals surface area contributed by atoms with Crippen molar-refractivity contribution in [3.8, 4) is 11.5 Å². The molecule has 0 saturated heterocycles. The van der Waals surface area contributed by atoms with E-state index in [1.165, 1.54) is 11.9 Å². The molecule has 9 heteroatoms. The van der Waals surface area contributed by atoms with Crippen molar-refractivity contribution in [1.29, 1.82) is 0 Å². The van der Waals surface area contributed by atoms with E-state index in [9.17, 15) is 14.7 Å². The zero-order valence-corrected chi connectivity index (χ0v) is 17.8. The fourth-order valence-electron chi connectivity index (χ4n) is 3.43. The molecule has 8 nitrogen and oxygen atoms in total. The Hall–Kier alpha value is -3.59. The van der Waals surface area contributed by atoms with Gasteiger partial charge < -0.3 is 14.7 Å². The maximum Gasteiger partial charge on any atom is 0.309 e. The van der Waals surface area contributed by atoms with Gasteiger partial charge in [-0.1, -0.05) is 41.6 Å². The lowest BCUT2D eigenvalue weighted by Crippen LogP contribution is -2.19. The topological polar surface area (TPSA) is 117 Å². The van der Waals surface area contributed by atoms with Crippen LogP contribution in [-0.2, 0) is 16.0 Å². The molecular weight excluding hydrogens is 430 g/mol. The third-order valence-corrected chi connectivity index (χ3v) is 5.96. The van der Waals surface area contributed by atoms with E-state index in [-0.39, 0.29) is 18.9 Å². The van der Waals surface area contributed by atoms with Gasteiger partial charge in [-0.3, -0.25) is 18.9 Å². The number of hydrogen-bond acceptors (Lipinski definition) is 7. The molecule has 0 spiro atoms. The Kier molecular flexibility index (Phi) is 6.55. The Morgan fingerprint density at radius 3 is 2.56 bits per heavy atom. The predicted octanol–water partition coefficient (Wildman–Crippen LogP) is 4.52. The lowest BCUT2D eigenvalue weighted by Gasteiger charge is -2.25. The van der Waals surface area contributed by atoms with Crippen molar-refractivity contribution in [3.05, 3.63) is 77.0 Å². The first kappa shape index (κ1) is 21.6. The number of nitrogens with zero attached hydrogens (tertiary/aromatic N) is 3. The van der Waals surface area contributed by atoms with Crippen LogP contribution < -0.4 is 4.31 Å². The third-order valence-electron chi connectivity index (χ3n) is 4.82. The summed E-state index contributed by atoms with van der Waals surface area (Å²) >= 11 is 1.40. The first-order valence-electron chi connectivity index (χ1n) is 10.0. The second-order valence-electron chi connectivity index (χ2n) is 7.14. The van der Waals surface area contributed by atoms with Gasteiger partial charge in [0.25, 0.3) is 0 Å². The molecule has 1 radical (unpaired) electrons. The Labute approximate surface area is 188 Å². The molecule has 163 valence electrons. The maximum atomic E-state index is 11.5. The summed E-state index contributed by atoms with van der Waals surface area (Å²) in [4.78, 5) is 27.7. The number of benzene rings is 1. The molecule has 32 heavy (non-hydrogen) atoms. The summed E-state index contributed by atoms with van der Waals surface area (Å²) in [6.45, 7) is 0. The summed E-state index contributed by atoms with van der Waals surface area (Å²) in [5.41, 5.74) is 2.33. The number of aromatic nitrogens is 2. The van der Waals surface area contributed by atoms with Crippen LogP contribution in [0.15, 0.2) is 64.2 Å². The standard InChI is InChI=1S/C23H20N3O5S/c27-20(28)11-6-9-16-13-19(15-7-2-1-3-8-15)26(32-16)22-18(14-21(29)30)25-31-23(22)17-10-4-5-12-24-17/h1-5,7-8,10,12,19H,6,9,11,14H2,(H,27,28)(H,29,30). The van der Waals surface area contributed by atoms with E-state index in [0.717, 1.165) is 10.5 Å². The number of carboxylic acid groups (broad SMARTS) is 2. The minimum Gasteiger partial charge on any atom is -0.481 e. The van der Waals surface area contributed by atoms with Gasteiger partial charge in [-0.25, -0.2) is 0 Å². The van der Waals surface area contributed by atoms with Crippen molar-refractivity contribution in [2.75, 3.05) is 4.31 Å². The predicted molar refractivity (Wildman–Crippen MR) is 119 cm³/mol. The number of hydrogen-bond donors (Lipinski definition) is 2. The zero-order valence-electron chi connectivity index (χ0n) is 17.0. The molecule has 4 rings (SSSR count). The van der Waals surface area contributed by atoms with Crippen molar-refractivity contribution >= 4 is 29.6 Å². The second kappa shape index (κ2) is 9.69. The van der Waals surface area contributed by atoms with Gasteiger partial charge in [-0.2, -0.15) is 0 Å². The lowest BCUT2D eigenvalue weighted by molar-refractivity contribution is -0.137. The van der Waals surface area contributed by atoms with E-state index in [1.807, 2.05) is 40.7 Å². The van der Waals surface area contributed by atoms with Crippen LogP contribution >= 0.6 is 11.9 Å². The average Bonchev–Trinajstić information content (AvgIpc) is 3.38. The van der Waals surface area contributed by atoms with Crippen molar-refractivity contribution in [3.63, 3.8) is 0 Å². The highest BCUT2D eigenvalue weighted by atomic mass is 32.2. The monoisotopic (exact) mass is 450 g/mol. The van der Waals surface area contributed by atoms with Gasteiger partial charge in [-0.05, 0) is 48.6 Å². The molecule has 0 bridgehead atoms. The highest BCUT2D eigenvalue weighted by Gasteiger charge is 2.35. The van der Waals surface area contributed by atoms with Crippen LogP contribution in [0.5, 0.6) is 0 Å². The van der Waals surface area contributed by atoms with Crippen molar-refractivity contribution in [2.24, 2.45) is 0 Å². The van der Waals surface area contributed by atoms with E-state index in [0.29, 0.717) is 35.7 Å². The molecule has 0 saturated carbocycles.